The fraction of sp³-hybridized carbons (Fsp3) is 0.625. The minimum Gasteiger partial charge on any atom is -0.465 e. The smallest absolute Gasteiger partial charge is 0.408 e. The number of carbonyl (C=O) groups is 1. The topological polar surface area (TPSA) is 82.7 Å². The highest BCUT2D eigenvalue weighted by Crippen LogP contribution is 2.31. The van der Waals surface area contributed by atoms with Crippen LogP contribution in [0.15, 0.2) is 18.5 Å². The molecule has 1 aliphatic rings. The number of carboxylic acid groups (broad SMARTS) is 1. The van der Waals surface area contributed by atoms with Crippen molar-refractivity contribution in [1.82, 2.24) is 9.88 Å². The van der Waals surface area contributed by atoms with Crippen molar-refractivity contribution in [3.05, 3.63) is 18.5 Å². The molecule has 0 radical (unpaired) electrons. The third-order valence-corrected chi connectivity index (χ3v) is 4.10. The van der Waals surface area contributed by atoms with Gasteiger partial charge in [-0.3, -0.25) is 9.88 Å². The molecular formula is C16H26N4O2. The molecule has 6 heteroatoms. The second-order valence-electron chi connectivity index (χ2n) is 7.16. The van der Waals surface area contributed by atoms with Crippen LogP contribution >= 0.6 is 0 Å². The van der Waals surface area contributed by atoms with Crippen LogP contribution in [0.4, 0.5) is 16.2 Å². The van der Waals surface area contributed by atoms with Crippen LogP contribution < -0.4 is 10.6 Å². The molecule has 2 heterocycles. The van der Waals surface area contributed by atoms with Crippen LogP contribution in [0.25, 0.3) is 0 Å². The zero-order chi connectivity index (χ0) is 16.5. The van der Waals surface area contributed by atoms with Crippen molar-refractivity contribution >= 4 is 17.5 Å². The molecule has 1 aromatic rings. The molecule has 122 valence electrons. The average molecular weight is 306 g/mol. The number of hydrogen-bond donors (Lipinski definition) is 2. The number of aromatic nitrogens is 1. The number of anilines is 2. The van der Waals surface area contributed by atoms with Gasteiger partial charge in [-0.1, -0.05) is 6.92 Å². The molecule has 1 amide bonds. The molecule has 3 N–H and O–H groups in total. The highest BCUT2D eigenvalue weighted by Gasteiger charge is 2.37. The van der Waals surface area contributed by atoms with E-state index in [0.29, 0.717) is 18.2 Å². The molecule has 22 heavy (non-hydrogen) atoms. The molecule has 1 aliphatic heterocycles. The largest absolute Gasteiger partial charge is 0.465 e. The summed E-state index contributed by atoms with van der Waals surface area (Å²) in [5.74, 6) is 0.399. The maximum absolute atomic E-state index is 11.7. The van der Waals surface area contributed by atoms with E-state index in [1.54, 1.807) is 17.3 Å². The fourth-order valence-electron chi connectivity index (χ4n) is 3.38. The molecular weight excluding hydrogens is 280 g/mol. The SMILES string of the molecule is C[C@@H]1C[C@H](N(C(=O)O)C(C)(C)C)CN(c2ccncc2N)C1. The van der Waals surface area contributed by atoms with Crippen molar-refractivity contribution in [2.45, 2.75) is 45.7 Å². The first-order chi connectivity index (χ1) is 10.2. The van der Waals surface area contributed by atoms with Gasteiger partial charge in [0, 0.05) is 24.8 Å². The van der Waals surface area contributed by atoms with Crippen molar-refractivity contribution in [2.24, 2.45) is 5.92 Å². The van der Waals surface area contributed by atoms with Crippen molar-refractivity contribution in [2.75, 3.05) is 23.7 Å². The van der Waals surface area contributed by atoms with Gasteiger partial charge in [-0.25, -0.2) is 4.79 Å². The first kappa shape index (κ1) is 16.4. The maximum Gasteiger partial charge on any atom is 0.408 e. The lowest BCUT2D eigenvalue weighted by atomic mass is 9.91. The number of pyridine rings is 1. The molecule has 0 aromatic carbocycles. The van der Waals surface area contributed by atoms with Crippen molar-refractivity contribution in [3.63, 3.8) is 0 Å². The van der Waals surface area contributed by atoms with Gasteiger partial charge in [-0.05, 0) is 39.2 Å². The van der Waals surface area contributed by atoms with Crippen LogP contribution in [0.3, 0.4) is 0 Å². The maximum atomic E-state index is 11.7. The third-order valence-electron chi connectivity index (χ3n) is 4.10. The van der Waals surface area contributed by atoms with E-state index in [4.69, 9.17) is 5.73 Å². The Hall–Kier alpha value is -1.98. The van der Waals surface area contributed by atoms with E-state index in [1.807, 2.05) is 26.8 Å². The van der Waals surface area contributed by atoms with E-state index < -0.39 is 11.6 Å². The second-order valence-corrected chi connectivity index (χ2v) is 7.16. The summed E-state index contributed by atoms with van der Waals surface area (Å²) in [6, 6.07) is 1.85. The minimum atomic E-state index is -0.866. The summed E-state index contributed by atoms with van der Waals surface area (Å²) in [7, 11) is 0. The number of nitrogens with zero attached hydrogens (tertiary/aromatic N) is 3. The summed E-state index contributed by atoms with van der Waals surface area (Å²) in [5, 5.41) is 9.63. The highest BCUT2D eigenvalue weighted by atomic mass is 16.4. The van der Waals surface area contributed by atoms with Gasteiger partial charge < -0.3 is 15.7 Å². The summed E-state index contributed by atoms with van der Waals surface area (Å²) in [6.45, 7) is 9.49. The van der Waals surface area contributed by atoms with Crippen molar-refractivity contribution in [1.29, 1.82) is 0 Å². The van der Waals surface area contributed by atoms with E-state index in [9.17, 15) is 9.90 Å². The monoisotopic (exact) mass is 306 g/mol. The Morgan fingerprint density at radius 2 is 2.14 bits per heavy atom. The molecule has 0 spiro atoms. The first-order valence-corrected chi connectivity index (χ1v) is 7.67. The third kappa shape index (κ3) is 3.43. The van der Waals surface area contributed by atoms with Crippen LogP contribution in [0.1, 0.15) is 34.1 Å². The lowest BCUT2D eigenvalue weighted by Gasteiger charge is -2.46. The second kappa shape index (κ2) is 6.02. The van der Waals surface area contributed by atoms with Crippen LogP contribution in [0.2, 0.25) is 0 Å². The Morgan fingerprint density at radius 3 is 2.68 bits per heavy atom. The molecule has 0 unspecified atom stereocenters. The molecule has 1 aromatic heterocycles. The van der Waals surface area contributed by atoms with Gasteiger partial charge in [0.1, 0.15) is 0 Å². The van der Waals surface area contributed by atoms with Gasteiger partial charge in [-0.2, -0.15) is 0 Å². The van der Waals surface area contributed by atoms with Gasteiger partial charge in [0.05, 0.1) is 23.6 Å². The van der Waals surface area contributed by atoms with E-state index in [-0.39, 0.29) is 6.04 Å². The lowest BCUT2D eigenvalue weighted by molar-refractivity contribution is 0.0588. The number of amides is 1. The fourth-order valence-corrected chi connectivity index (χ4v) is 3.38. The molecule has 2 rings (SSSR count). The summed E-state index contributed by atoms with van der Waals surface area (Å²) in [6.07, 6.45) is 3.36. The van der Waals surface area contributed by atoms with E-state index in [0.717, 1.165) is 18.7 Å². The minimum absolute atomic E-state index is 0.0474. The number of nitrogens with two attached hydrogens (primary N) is 1. The van der Waals surface area contributed by atoms with Gasteiger partial charge in [0.2, 0.25) is 0 Å². The number of rotatable bonds is 2. The van der Waals surface area contributed by atoms with Gasteiger partial charge in [-0.15, -0.1) is 0 Å². The van der Waals surface area contributed by atoms with E-state index >= 15 is 0 Å². The predicted molar refractivity (Wildman–Crippen MR) is 88.0 cm³/mol. The van der Waals surface area contributed by atoms with E-state index in [2.05, 4.69) is 16.8 Å². The summed E-state index contributed by atoms with van der Waals surface area (Å²) in [5.41, 5.74) is 7.17. The predicted octanol–water partition coefficient (Wildman–Crippen LogP) is 2.66. The Balaban J connectivity index is 2.28. The summed E-state index contributed by atoms with van der Waals surface area (Å²) < 4.78 is 0. The van der Waals surface area contributed by atoms with Crippen molar-refractivity contribution in [3.8, 4) is 0 Å². The van der Waals surface area contributed by atoms with Crippen LogP contribution in [0.5, 0.6) is 0 Å². The van der Waals surface area contributed by atoms with Crippen molar-refractivity contribution < 1.29 is 9.90 Å². The highest BCUT2D eigenvalue weighted by molar-refractivity contribution is 5.68. The molecule has 0 bridgehead atoms. The summed E-state index contributed by atoms with van der Waals surface area (Å²) in [4.78, 5) is 19.5. The van der Waals surface area contributed by atoms with Gasteiger partial charge >= 0.3 is 6.09 Å². The lowest BCUT2D eigenvalue weighted by Crippen LogP contribution is -2.58. The molecule has 0 saturated carbocycles. The molecule has 1 fully saturated rings. The number of piperidine rings is 1. The number of nitrogen functional groups attached to an aromatic ring is 1. The number of hydrogen-bond acceptors (Lipinski definition) is 4. The average Bonchev–Trinajstić information content (AvgIpc) is 2.36. The Bertz CT molecular complexity index is 541. The first-order valence-electron chi connectivity index (χ1n) is 7.67. The van der Waals surface area contributed by atoms with Gasteiger partial charge in [0.15, 0.2) is 0 Å². The standard InChI is InChI=1S/C16H26N4O2/c1-11-7-12(20(15(21)22)16(2,3)4)10-19(9-11)14-5-6-18-8-13(14)17/h5-6,8,11-12H,7,9-10,17H2,1-4H3,(H,21,22)/t11-,12+/m1/s1. The summed E-state index contributed by atoms with van der Waals surface area (Å²) >= 11 is 0. The Kier molecular flexibility index (Phi) is 4.49. The normalized spacial score (nSPS) is 22.5. The molecule has 6 nitrogen and oxygen atoms in total. The van der Waals surface area contributed by atoms with E-state index in [1.165, 1.54) is 0 Å². The molecule has 1 saturated heterocycles. The zero-order valence-electron chi connectivity index (χ0n) is 13.8. The van der Waals surface area contributed by atoms with Crippen LogP contribution in [-0.2, 0) is 0 Å². The quantitative estimate of drug-likeness (QED) is 0.877. The molecule has 0 aliphatic carbocycles. The molecule has 2 atom stereocenters. The Labute approximate surface area is 131 Å². The van der Waals surface area contributed by atoms with Crippen LogP contribution in [0, 0.1) is 5.92 Å². The van der Waals surface area contributed by atoms with Crippen LogP contribution in [-0.4, -0.2) is 45.8 Å². The van der Waals surface area contributed by atoms with Gasteiger partial charge in [0.25, 0.3) is 0 Å². The Morgan fingerprint density at radius 1 is 1.45 bits per heavy atom. The zero-order valence-corrected chi connectivity index (χ0v) is 13.8.